The van der Waals surface area contributed by atoms with Gasteiger partial charge in [0.05, 0.1) is 6.61 Å². The number of benzene rings is 1. The fourth-order valence-corrected chi connectivity index (χ4v) is 2.25. The Hall–Kier alpha value is -0.860. The quantitative estimate of drug-likeness (QED) is 0.749. The van der Waals surface area contributed by atoms with Gasteiger partial charge in [0.25, 0.3) is 0 Å². The monoisotopic (exact) mass is 235 g/mol. The third-order valence-electron chi connectivity index (χ3n) is 3.06. The Bertz CT molecular complexity index is 280. The summed E-state index contributed by atoms with van der Waals surface area (Å²) in [5, 5.41) is 9.57. The van der Waals surface area contributed by atoms with E-state index in [2.05, 4.69) is 43.0 Å². The largest absolute Gasteiger partial charge is 0.395 e. The summed E-state index contributed by atoms with van der Waals surface area (Å²) in [5.74, 6) is 0. The van der Waals surface area contributed by atoms with Crippen molar-refractivity contribution in [2.24, 2.45) is 0 Å². The van der Waals surface area contributed by atoms with Gasteiger partial charge in [-0.25, -0.2) is 0 Å². The zero-order chi connectivity index (χ0) is 12.5. The summed E-state index contributed by atoms with van der Waals surface area (Å²) in [4.78, 5) is 2.41. The first-order chi connectivity index (χ1) is 8.31. The molecule has 1 unspecified atom stereocenters. The molecule has 0 radical (unpaired) electrons. The highest BCUT2D eigenvalue weighted by Gasteiger charge is 2.16. The SMILES string of the molecule is CCCN(CCC)C(CO)Cc1ccccc1. The summed E-state index contributed by atoms with van der Waals surface area (Å²) in [6.07, 6.45) is 3.23. The molecule has 1 atom stereocenters. The maximum absolute atomic E-state index is 9.57. The summed E-state index contributed by atoms with van der Waals surface area (Å²) >= 11 is 0. The van der Waals surface area contributed by atoms with E-state index in [9.17, 15) is 5.11 Å². The average Bonchev–Trinajstić information content (AvgIpc) is 2.37. The smallest absolute Gasteiger partial charge is 0.0590 e. The maximum atomic E-state index is 9.57. The number of aliphatic hydroxyl groups is 1. The second-order valence-electron chi connectivity index (χ2n) is 4.56. The van der Waals surface area contributed by atoms with Gasteiger partial charge >= 0.3 is 0 Å². The number of aliphatic hydroxyl groups excluding tert-OH is 1. The molecule has 0 heterocycles. The third-order valence-corrected chi connectivity index (χ3v) is 3.06. The molecule has 96 valence electrons. The van der Waals surface area contributed by atoms with Crippen molar-refractivity contribution < 1.29 is 5.11 Å². The standard InChI is InChI=1S/C15H25NO/c1-3-10-16(11-4-2)15(13-17)12-14-8-6-5-7-9-14/h5-9,15,17H,3-4,10-13H2,1-2H3. The fraction of sp³-hybridized carbons (Fsp3) is 0.600. The lowest BCUT2D eigenvalue weighted by molar-refractivity contribution is 0.122. The predicted molar refractivity (Wildman–Crippen MR) is 73.2 cm³/mol. The summed E-state index contributed by atoms with van der Waals surface area (Å²) in [5.41, 5.74) is 1.31. The molecular formula is C15H25NO. The van der Waals surface area contributed by atoms with E-state index in [1.807, 2.05) is 6.07 Å². The van der Waals surface area contributed by atoms with Crippen LogP contribution in [-0.4, -0.2) is 35.7 Å². The highest BCUT2D eigenvalue weighted by Crippen LogP contribution is 2.10. The molecule has 2 heteroatoms. The van der Waals surface area contributed by atoms with Gasteiger partial charge in [-0.1, -0.05) is 44.2 Å². The summed E-state index contributed by atoms with van der Waals surface area (Å²) in [7, 11) is 0. The van der Waals surface area contributed by atoms with Gasteiger partial charge in [0, 0.05) is 6.04 Å². The molecule has 0 aliphatic rings. The lowest BCUT2D eigenvalue weighted by atomic mass is 10.0. The van der Waals surface area contributed by atoms with E-state index in [0.29, 0.717) is 0 Å². The molecule has 0 fully saturated rings. The fourth-order valence-electron chi connectivity index (χ4n) is 2.25. The van der Waals surface area contributed by atoms with Crippen LogP contribution in [-0.2, 0) is 6.42 Å². The molecule has 0 saturated heterocycles. The molecule has 0 bridgehead atoms. The Labute approximate surface area is 105 Å². The molecular weight excluding hydrogens is 210 g/mol. The van der Waals surface area contributed by atoms with E-state index in [1.165, 1.54) is 5.56 Å². The van der Waals surface area contributed by atoms with Crippen LogP contribution in [0.4, 0.5) is 0 Å². The lowest BCUT2D eigenvalue weighted by Gasteiger charge is -2.30. The second kappa shape index (κ2) is 8.26. The van der Waals surface area contributed by atoms with Gasteiger partial charge < -0.3 is 5.11 Å². The van der Waals surface area contributed by atoms with Crippen LogP contribution in [0, 0.1) is 0 Å². The van der Waals surface area contributed by atoms with E-state index in [1.54, 1.807) is 0 Å². The molecule has 1 aromatic carbocycles. The van der Waals surface area contributed by atoms with E-state index < -0.39 is 0 Å². The van der Waals surface area contributed by atoms with Crippen molar-refractivity contribution in [1.29, 1.82) is 0 Å². The highest BCUT2D eigenvalue weighted by atomic mass is 16.3. The van der Waals surface area contributed by atoms with Gasteiger partial charge in [0.2, 0.25) is 0 Å². The minimum atomic E-state index is 0.245. The Kier molecular flexibility index (Phi) is 6.90. The highest BCUT2D eigenvalue weighted by molar-refractivity contribution is 5.15. The third kappa shape index (κ3) is 4.88. The van der Waals surface area contributed by atoms with Gasteiger partial charge in [-0.05, 0) is 37.9 Å². The van der Waals surface area contributed by atoms with Crippen LogP contribution in [0.1, 0.15) is 32.3 Å². The molecule has 17 heavy (non-hydrogen) atoms. The first-order valence-corrected chi connectivity index (χ1v) is 6.70. The van der Waals surface area contributed by atoms with Crippen LogP contribution in [0.2, 0.25) is 0 Å². The number of hydrogen-bond acceptors (Lipinski definition) is 2. The lowest BCUT2D eigenvalue weighted by Crippen LogP contribution is -2.40. The van der Waals surface area contributed by atoms with Gasteiger partial charge in [-0.15, -0.1) is 0 Å². The molecule has 0 spiro atoms. The van der Waals surface area contributed by atoms with Crippen LogP contribution >= 0.6 is 0 Å². The molecule has 0 aliphatic heterocycles. The second-order valence-corrected chi connectivity index (χ2v) is 4.56. The van der Waals surface area contributed by atoms with Crippen LogP contribution in [0.5, 0.6) is 0 Å². The zero-order valence-electron chi connectivity index (χ0n) is 11.1. The number of nitrogens with zero attached hydrogens (tertiary/aromatic N) is 1. The molecule has 0 aromatic heterocycles. The molecule has 1 N–H and O–H groups in total. The van der Waals surface area contributed by atoms with E-state index in [-0.39, 0.29) is 12.6 Å². The van der Waals surface area contributed by atoms with Crippen molar-refractivity contribution in [3.8, 4) is 0 Å². The summed E-state index contributed by atoms with van der Waals surface area (Å²) < 4.78 is 0. The molecule has 0 amide bonds. The van der Waals surface area contributed by atoms with Gasteiger partial charge in [0.15, 0.2) is 0 Å². The Balaban J connectivity index is 2.61. The van der Waals surface area contributed by atoms with Gasteiger partial charge in [-0.2, -0.15) is 0 Å². The minimum absolute atomic E-state index is 0.245. The molecule has 2 nitrogen and oxygen atoms in total. The molecule has 0 aliphatic carbocycles. The van der Waals surface area contributed by atoms with Crippen molar-refractivity contribution in [3.05, 3.63) is 35.9 Å². The van der Waals surface area contributed by atoms with Crippen molar-refractivity contribution in [3.63, 3.8) is 0 Å². The minimum Gasteiger partial charge on any atom is -0.395 e. The van der Waals surface area contributed by atoms with E-state index >= 15 is 0 Å². The van der Waals surface area contributed by atoms with Crippen LogP contribution < -0.4 is 0 Å². The van der Waals surface area contributed by atoms with Crippen molar-refractivity contribution in [2.75, 3.05) is 19.7 Å². The predicted octanol–water partition coefficient (Wildman–Crippen LogP) is 2.71. The van der Waals surface area contributed by atoms with E-state index in [0.717, 1.165) is 32.4 Å². The topological polar surface area (TPSA) is 23.5 Å². The number of hydrogen-bond donors (Lipinski definition) is 1. The normalized spacial score (nSPS) is 12.9. The van der Waals surface area contributed by atoms with Crippen LogP contribution in [0.15, 0.2) is 30.3 Å². The number of rotatable bonds is 8. The van der Waals surface area contributed by atoms with Crippen molar-refractivity contribution in [1.82, 2.24) is 4.90 Å². The molecule has 1 rings (SSSR count). The van der Waals surface area contributed by atoms with Gasteiger partial charge in [-0.3, -0.25) is 4.90 Å². The first-order valence-electron chi connectivity index (χ1n) is 6.70. The van der Waals surface area contributed by atoms with Crippen molar-refractivity contribution >= 4 is 0 Å². The maximum Gasteiger partial charge on any atom is 0.0590 e. The van der Waals surface area contributed by atoms with Crippen molar-refractivity contribution in [2.45, 2.75) is 39.2 Å². The molecule has 0 saturated carbocycles. The molecule has 1 aromatic rings. The first kappa shape index (κ1) is 14.2. The average molecular weight is 235 g/mol. The van der Waals surface area contributed by atoms with Gasteiger partial charge in [0.1, 0.15) is 0 Å². The zero-order valence-corrected chi connectivity index (χ0v) is 11.1. The van der Waals surface area contributed by atoms with Crippen LogP contribution in [0.25, 0.3) is 0 Å². The Morgan fingerprint density at radius 1 is 1.06 bits per heavy atom. The summed E-state index contributed by atoms with van der Waals surface area (Å²) in [6, 6.07) is 10.7. The van der Waals surface area contributed by atoms with E-state index in [4.69, 9.17) is 0 Å². The Morgan fingerprint density at radius 2 is 1.65 bits per heavy atom. The summed E-state index contributed by atoms with van der Waals surface area (Å²) in [6.45, 7) is 6.78. The van der Waals surface area contributed by atoms with Crippen LogP contribution in [0.3, 0.4) is 0 Å². The Morgan fingerprint density at radius 3 is 2.12 bits per heavy atom.